The van der Waals surface area contributed by atoms with Gasteiger partial charge in [0.25, 0.3) is 5.91 Å². The molecule has 2 heterocycles. The van der Waals surface area contributed by atoms with E-state index in [0.717, 1.165) is 48.0 Å². The fraction of sp³-hybridized carbons (Fsp3) is 0.526. The van der Waals surface area contributed by atoms with Gasteiger partial charge in [-0.3, -0.25) is 9.59 Å². The topological polar surface area (TPSA) is 62.3 Å². The van der Waals surface area contributed by atoms with Gasteiger partial charge in [-0.25, -0.2) is 4.98 Å². The van der Waals surface area contributed by atoms with Gasteiger partial charge >= 0.3 is 0 Å². The minimum atomic E-state index is 0.0852. The molecule has 0 bridgehead atoms. The van der Waals surface area contributed by atoms with Crippen LogP contribution in [0, 0.1) is 17.8 Å². The van der Waals surface area contributed by atoms with Gasteiger partial charge in [-0.05, 0) is 55.7 Å². The number of benzene rings is 1. The molecule has 1 saturated heterocycles. The van der Waals surface area contributed by atoms with Crippen LogP contribution in [0.2, 0.25) is 0 Å². The smallest absolute Gasteiger partial charge is 0.253 e. The number of rotatable bonds is 3. The number of thiazole rings is 1. The standard InChI is InChI=1S/C19H21N3O2S/c23-18(21-13-2-3-13)14-7-11-5-6-22(9-15(11)14)19(24)12-1-4-16-17(8-12)25-10-20-16/h1,4,8,10-11,13-15H,2-3,5-7,9H2,(H,21,23)/t11-,14-,15-/m1/s1. The normalized spacial score (nSPS) is 28.3. The SMILES string of the molecule is O=C(NC1CC1)[C@@H]1C[C@H]2CCN(C(=O)c3ccc4ncsc4c3)C[C@H]21. The summed E-state index contributed by atoms with van der Waals surface area (Å²) < 4.78 is 1.05. The molecule has 1 N–H and O–H groups in total. The molecule has 5 nitrogen and oxygen atoms in total. The van der Waals surface area contributed by atoms with Crippen LogP contribution in [0.3, 0.4) is 0 Å². The average Bonchev–Trinajstić information content (AvgIpc) is 3.28. The second kappa shape index (κ2) is 5.80. The first-order chi connectivity index (χ1) is 12.2. The van der Waals surface area contributed by atoms with Crippen molar-refractivity contribution in [1.29, 1.82) is 0 Å². The molecule has 25 heavy (non-hydrogen) atoms. The molecule has 1 aromatic heterocycles. The third-order valence-corrected chi connectivity index (χ3v) is 6.80. The van der Waals surface area contributed by atoms with Gasteiger partial charge in [0.1, 0.15) is 0 Å². The number of hydrogen-bond acceptors (Lipinski definition) is 4. The Morgan fingerprint density at radius 3 is 2.96 bits per heavy atom. The third kappa shape index (κ3) is 2.72. The zero-order valence-electron chi connectivity index (χ0n) is 14.0. The van der Waals surface area contributed by atoms with Crippen molar-refractivity contribution in [2.45, 2.75) is 31.7 Å². The van der Waals surface area contributed by atoms with E-state index in [9.17, 15) is 9.59 Å². The highest BCUT2D eigenvalue weighted by molar-refractivity contribution is 7.16. The number of hydrogen-bond donors (Lipinski definition) is 1. The summed E-state index contributed by atoms with van der Waals surface area (Å²) in [5, 5.41) is 3.13. The molecule has 3 atom stereocenters. The Kier molecular flexibility index (Phi) is 3.55. The fourth-order valence-electron chi connectivity index (χ4n) is 4.28. The highest BCUT2D eigenvalue weighted by atomic mass is 32.1. The Morgan fingerprint density at radius 1 is 1.24 bits per heavy atom. The van der Waals surface area contributed by atoms with E-state index in [1.165, 1.54) is 0 Å². The maximum atomic E-state index is 12.9. The van der Waals surface area contributed by atoms with E-state index in [0.29, 0.717) is 24.4 Å². The molecule has 130 valence electrons. The number of fused-ring (bicyclic) bond motifs is 2. The number of carbonyl (C=O) groups is 2. The lowest BCUT2D eigenvalue weighted by Crippen LogP contribution is -2.56. The minimum absolute atomic E-state index is 0.0852. The summed E-state index contributed by atoms with van der Waals surface area (Å²) in [4.78, 5) is 31.5. The number of piperidine rings is 1. The lowest BCUT2D eigenvalue weighted by molar-refractivity contribution is -0.136. The van der Waals surface area contributed by atoms with Gasteiger partial charge in [0.2, 0.25) is 5.91 Å². The van der Waals surface area contributed by atoms with E-state index in [1.54, 1.807) is 11.3 Å². The van der Waals surface area contributed by atoms with Crippen LogP contribution in [0.4, 0.5) is 0 Å². The van der Waals surface area contributed by atoms with Gasteiger partial charge in [0.15, 0.2) is 0 Å². The van der Waals surface area contributed by atoms with Gasteiger partial charge in [-0.1, -0.05) is 0 Å². The van der Waals surface area contributed by atoms with Gasteiger partial charge < -0.3 is 10.2 Å². The van der Waals surface area contributed by atoms with Crippen molar-refractivity contribution in [1.82, 2.24) is 15.2 Å². The Bertz CT molecular complexity index is 844. The first-order valence-corrected chi connectivity index (χ1v) is 10.00. The van der Waals surface area contributed by atoms with Gasteiger partial charge in [-0.15, -0.1) is 11.3 Å². The van der Waals surface area contributed by atoms with Crippen LogP contribution < -0.4 is 5.32 Å². The summed E-state index contributed by atoms with van der Waals surface area (Å²) >= 11 is 1.56. The van der Waals surface area contributed by atoms with Crippen molar-refractivity contribution in [2.24, 2.45) is 17.8 Å². The fourth-order valence-corrected chi connectivity index (χ4v) is 4.99. The van der Waals surface area contributed by atoms with Crippen LogP contribution in [0.1, 0.15) is 36.0 Å². The number of nitrogens with one attached hydrogen (secondary N) is 1. The maximum Gasteiger partial charge on any atom is 0.253 e. The third-order valence-electron chi connectivity index (χ3n) is 6.01. The Balaban J connectivity index is 1.29. The molecular weight excluding hydrogens is 334 g/mol. The largest absolute Gasteiger partial charge is 0.353 e. The van der Waals surface area contributed by atoms with Crippen molar-refractivity contribution >= 4 is 33.4 Å². The molecule has 5 rings (SSSR count). The summed E-state index contributed by atoms with van der Waals surface area (Å²) in [6, 6.07) is 6.15. The summed E-state index contributed by atoms with van der Waals surface area (Å²) in [7, 11) is 0. The highest BCUT2D eigenvalue weighted by Crippen LogP contribution is 2.46. The predicted octanol–water partition coefficient (Wildman–Crippen LogP) is 2.67. The summed E-state index contributed by atoms with van der Waals surface area (Å²) in [6.07, 6.45) is 4.26. The highest BCUT2D eigenvalue weighted by Gasteiger charge is 2.48. The first kappa shape index (κ1) is 15.3. The summed E-state index contributed by atoms with van der Waals surface area (Å²) in [6.45, 7) is 1.52. The first-order valence-electron chi connectivity index (χ1n) is 9.12. The number of likely N-dealkylation sites (tertiary alicyclic amines) is 1. The Hall–Kier alpha value is -1.95. The molecule has 2 aromatic rings. The van der Waals surface area contributed by atoms with Crippen molar-refractivity contribution in [3.8, 4) is 0 Å². The van der Waals surface area contributed by atoms with Crippen molar-refractivity contribution < 1.29 is 9.59 Å². The van der Waals surface area contributed by atoms with Crippen LogP contribution in [-0.4, -0.2) is 40.8 Å². The molecule has 2 saturated carbocycles. The quantitative estimate of drug-likeness (QED) is 0.921. The molecule has 1 aromatic carbocycles. The number of amides is 2. The zero-order chi connectivity index (χ0) is 17.0. The monoisotopic (exact) mass is 355 g/mol. The number of carbonyl (C=O) groups excluding carboxylic acids is 2. The summed E-state index contributed by atoms with van der Waals surface area (Å²) in [5.41, 5.74) is 3.48. The van der Waals surface area contributed by atoms with E-state index < -0.39 is 0 Å². The predicted molar refractivity (Wildman–Crippen MR) is 96.4 cm³/mol. The van der Waals surface area contributed by atoms with Crippen molar-refractivity contribution in [3.63, 3.8) is 0 Å². The van der Waals surface area contributed by atoms with E-state index >= 15 is 0 Å². The molecule has 2 aliphatic carbocycles. The van der Waals surface area contributed by atoms with Gasteiger partial charge in [-0.2, -0.15) is 0 Å². The summed E-state index contributed by atoms with van der Waals surface area (Å²) in [5.74, 6) is 1.35. The average molecular weight is 355 g/mol. The van der Waals surface area contributed by atoms with E-state index in [-0.39, 0.29) is 17.7 Å². The molecule has 3 aliphatic rings. The molecule has 2 amide bonds. The van der Waals surface area contributed by atoms with E-state index in [4.69, 9.17) is 0 Å². The number of nitrogens with zero attached hydrogens (tertiary/aromatic N) is 2. The second-order valence-electron chi connectivity index (χ2n) is 7.62. The Labute approximate surface area is 150 Å². The lowest BCUT2D eigenvalue weighted by Gasteiger charge is -2.50. The van der Waals surface area contributed by atoms with Crippen LogP contribution >= 0.6 is 11.3 Å². The molecule has 6 heteroatoms. The van der Waals surface area contributed by atoms with Crippen LogP contribution in [0.5, 0.6) is 0 Å². The molecule has 1 aliphatic heterocycles. The molecular formula is C19H21N3O2S. The van der Waals surface area contributed by atoms with E-state index in [1.807, 2.05) is 28.6 Å². The molecule has 0 unspecified atom stereocenters. The van der Waals surface area contributed by atoms with Gasteiger partial charge in [0, 0.05) is 30.6 Å². The maximum absolute atomic E-state index is 12.9. The zero-order valence-corrected chi connectivity index (χ0v) is 14.8. The number of aromatic nitrogens is 1. The van der Waals surface area contributed by atoms with Crippen LogP contribution in [-0.2, 0) is 4.79 Å². The molecule has 3 fully saturated rings. The van der Waals surface area contributed by atoms with Crippen LogP contribution in [0.15, 0.2) is 23.7 Å². The minimum Gasteiger partial charge on any atom is -0.353 e. The van der Waals surface area contributed by atoms with Crippen molar-refractivity contribution in [3.05, 3.63) is 29.3 Å². The lowest BCUT2D eigenvalue weighted by atomic mass is 9.61. The van der Waals surface area contributed by atoms with Crippen molar-refractivity contribution in [2.75, 3.05) is 13.1 Å². The van der Waals surface area contributed by atoms with Gasteiger partial charge in [0.05, 0.1) is 15.7 Å². The molecule has 0 spiro atoms. The van der Waals surface area contributed by atoms with E-state index in [2.05, 4.69) is 10.3 Å². The Morgan fingerprint density at radius 2 is 2.12 bits per heavy atom. The van der Waals surface area contributed by atoms with Crippen LogP contribution in [0.25, 0.3) is 10.2 Å². The second-order valence-corrected chi connectivity index (χ2v) is 8.51. The molecule has 0 radical (unpaired) electrons.